The molecular formula is C35H34N6O3S. The number of para-hydroxylation sites is 2. The van der Waals surface area contributed by atoms with Crippen molar-refractivity contribution in [1.29, 1.82) is 0 Å². The normalized spacial score (nSPS) is 14.9. The summed E-state index contributed by atoms with van der Waals surface area (Å²) in [6.07, 6.45) is 1.83. The van der Waals surface area contributed by atoms with E-state index in [1.165, 1.54) is 24.0 Å². The monoisotopic (exact) mass is 618 g/mol. The Kier molecular flexibility index (Phi) is 7.56. The van der Waals surface area contributed by atoms with Crippen LogP contribution in [0.4, 0.5) is 0 Å². The average molecular weight is 619 g/mol. The molecule has 0 aliphatic carbocycles. The molecule has 10 heteroatoms. The second-order valence-electron chi connectivity index (χ2n) is 11.7. The van der Waals surface area contributed by atoms with E-state index in [0.29, 0.717) is 16.7 Å². The Morgan fingerprint density at radius 2 is 1.44 bits per heavy atom. The maximum atomic E-state index is 12.8. The van der Waals surface area contributed by atoms with Gasteiger partial charge in [0, 0.05) is 50.9 Å². The lowest BCUT2D eigenvalue weighted by molar-refractivity contribution is 0.180. The number of fused-ring (bicyclic) bond motifs is 2. The first-order valence-corrected chi connectivity index (χ1v) is 16.5. The first-order valence-electron chi connectivity index (χ1n) is 15.1. The van der Waals surface area contributed by atoms with Crippen molar-refractivity contribution in [3.63, 3.8) is 0 Å². The van der Waals surface area contributed by atoms with Crippen LogP contribution in [0.5, 0.6) is 0 Å². The van der Waals surface area contributed by atoms with Crippen molar-refractivity contribution in [1.82, 2.24) is 28.7 Å². The van der Waals surface area contributed by atoms with Crippen LogP contribution in [0.25, 0.3) is 44.6 Å². The lowest BCUT2D eigenvalue weighted by Crippen LogP contribution is -2.36. The minimum atomic E-state index is -3.61. The zero-order valence-electron chi connectivity index (χ0n) is 25.2. The molecule has 6 aromatic rings. The molecule has 1 N–H and O–H groups in total. The molecule has 0 atom stereocenters. The van der Waals surface area contributed by atoms with Gasteiger partial charge in [-0.1, -0.05) is 66.7 Å². The quantitative estimate of drug-likeness (QED) is 0.246. The highest BCUT2D eigenvalue weighted by Gasteiger charge is 2.24. The fourth-order valence-electron chi connectivity index (χ4n) is 6.20. The van der Waals surface area contributed by atoms with Crippen LogP contribution in [0.2, 0.25) is 0 Å². The second-order valence-corrected chi connectivity index (χ2v) is 13.9. The first-order chi connectivity index (χ1) is 21.8. The van der Waals surface area contributed by atoms with E-state index >= 15 is 0 Å². The Bertz CT molecular complexity index is 2170. The van der Waals surface area contributed by atoms with Crippen molar-refractivity contribution in [3.05, 3.63) is 113 Å². The van der Waals surface area contributed by atoms with E-state index in [4.69, 9.17) is 9.97 Å². The maximum Gasteiger partial charge on any atom is 0.326 e. The highest BCUT2D eigenvalue weighted by Crippen LogP contribution is 2.32. The Balaban J connectivity index is 1.14. The van der Waals surface area contributed by atoms with Crippen molar-refractivity contribution < 1.29 is 8.42 Å². The van der Waals surface area contributed by atoms with Gasteiger partial charge in [-0.05, 0) is 48.7 Å². The summed E-state index contributed by atoms with van der Waals surface area (Å²) in [5.74, 6) is 0. The molecule has 1 aliphatic rings. The molecule has 7 rings (SSSR count). The molecule has 1 fully saturated rings. The SMILES string of the molecule is CN(C)S(=O)(=O)c1ccc2nc(-c3ccccc3)c(-c3ccc(CN4CCC(n5c(=O)[nH]c6ccccc65)CC4)cc3)nc2c1. The number of H-pyrrole nitrogens is 1. The number of sulfonamides is 1. The number of aromatic amines is 1. The molecule has 0 amide bonds. The third-order valence-electron chi connectivity index (χ3n) is 8.64. The molecule has 0 bridgehead atoms. The van der Waals surface area contributed by atoms with E-state index < -0.39 is 10.0 Å². The van der Waals surface area contributed by atoms with Crippen molar-refractivity contribution in [2.24, 2.45) is 0 Å². The van der Waals surface area contributed by atoms with Gasteiger partial charge in [0.1, 0.15) is 0 Å². The van der Waals surface area contributed by atoms with Crippen LogP contribution in [0.3, 0.4) is 0 Å². The van der Waals surface area contributed by atoms with Gasteiger partial charge in [0.25, 0.3) is 0 Å². The maximum absolute atomic E-state index is 12.8. The zero-order valence-corrected chi connectivity index (χ0v) is 26.0. The number of nitrogens with zero attached hydrogens (tertiary/aromatic N) is 5. The van der Waals surface area contributed by atoms with Crippen LogP contribution in [0.1, 0.15) is 24.4 Å². The molecular weight excluding hydrogens is 584 g/mol. The van der Waals surface area contributed by atoms with E-state index in [9.17, 15) is 13.2 Å². The smallest absolute Gasteiger partial charge is 0.306 e. The number of likely N-dealkylation sites (tertiary alicyclic amines) is 1. The molecule has 0 radical (unpaired) electrons. The molecule has 0 spiro atoms. The van der Waals surface area contributed by atoms with Crippen LogP contribution < -0.4 is 5.69 Å². The van der Waals surface area contributed by atoms with Crippen LogP contribution in [-0.4, -0.2) is 64.3 Å². The number of benzene rings is 4. The fraction of sp³-hybridized carbons (Fsp3) is 0.229. The van der Waals surface area contributed by atoms with Gasteiger partial charge in [-0.3, -0.25) is 9.47 Å². The number of aromatic nitrogens is 4. The summed E-state index contributed by atoms with van der Waals surface area (Å²) in [4.78, 5) is 28.2. The zero-order chi connectivity index (χ0) is 31.1. The first kappa shape index (κ1) is 29.1. The summed E-state index contributed by atoms with van der Waals surface area (Å²) in [6.45, 7) is 2.63. The number of piperidine rings is 1. The van der Waals surface area contributed by atoms with Crippen LogP contribution >= 0.6 is 0 Å². The minimum Gasteiger partial charge on any atom is -0.306 e. The molecule has 1 aliphatic heterocycles. The largest absolute Gasteiger partial charge is 0.326 e. The highest BCUT2D eigenvalue weighted by molar-refractivity contribution is 7.89. The molecule has 1 saturated heterocycles. The number of hydrogen-bond acceptors (Lipinski definition) is 6. The van der Waals surface area contributed by atoms with Crippen LogP contribution in [-0.2, 0) is 16.6 Å². The summed E-state index contributed by atoms with van der Waals surface area (Å²) >= 11 is 0. The summed E-state index contributed by atoms with van der Waals surface area (Å²) in [7, 11) is -0.578. The van der Waals surface area contributed by atoms with Gasteiger partial charge in [-0.2, -0.15) is 0 Å². The molecule has 0 unspecified atom stereocenters. The van der Waals surface area contributed by atoms with Crippen molar-refractivity contribution in [2.45, 2.75) is 30.3 Å². The van der Waals surface area contributed by atoms with Gasteiger partial charge in [0.2, 0.25) is 10.0 Å². The Morgan fingerprint density at radius 1 is 0.800 bits per heavy atom. The molecule has 3 heterocycles. The van der Waals surface area contributed by atoms with Gasteiger partial charge in [-0.25, -0.2) is 27.5 Å². The Labute approximate surface area is 261 Å². The molecule has 9 nitrogen and oxygen atoms in total. The molecule has 45 heavy (non-hydrogen) atoms. The third kappa shape index (κ3) is 5.56. The van der Waals surface area contributed by atoms with Gasteiger partial charge >= 0.3 is 5.69 Å². The summed E-state index contributed by atoms with van der Waals surface area (Å²) in [5, 5.41) is 0. The second kappa shape index (κ2) is 11.7. The van der Waals surface area contributed by atoms with Crippen molar-refractivity contribution >= 4 is 32.1 Å². The van der Waals surface area contributed by atoms with E-state index in [0.717, 1.165) is 60.3 Å². The predicted molar refractivity (Wildman–Crippen MR) is 177 cm³/mol. The van der Waals surface area contributed by atoms with Crippen LogP contribution in [0.15, 0.2) is 107 Å². The summed E-state index contributed by atoms with van der Waals surface area (Å²) in [6, 6.07) is 31.3. The minimum absolute atomic E-state index is 0.0348. The van der Waals surface area contributed by atoms with E-state index in [-0.39, 0.29) is 16.6 Å². The molecule has 228 valence electrons. The number of hydrogen-bond donors (Lipinski definition) is 1. The number of imidazole rings is 1. The molecule has 4 aromatic carbocycles. The Hall–Kier alpha value is -4.64. The predicted octanol–water partition coefficient (Wildman–Crippen LogP) is 5.69. The standard InChI is InChI=1S/C35H34N6O3S/c1-39(2)45(43,44)28-16-17-29-31(22-28)37-34(33(36-29)25-8-4-3-5-9-25)26-14-12-24(13-15-26)23-40-20-18-27(19-21-40)41-32-11-7-6-10-30(32)38-35(41)42/h3-17,22,27H,18-21,23H2,1-2H3,(H,38,42). The topological polar surface area (TPSA) is 104 Å². The Morgan fingerprint density at radius 3 is 2.16 bits per heavy atom. The van der Waals surface area contributed by atoms with E-state index in [1.54, 1.807) is 18.2 Å². The van der Waals surface area contributed by atoms with Crippen molar-refractivity contribution in [2.75, 3.05) is 27.2 Å². The lowest BCUT2D eigenvalue weighted by atomic mass is 10.0. The summed E-state index contributed by atoms with van der Waals surface area (Å²) in [5.41, 5.74) is 7.45. The van der Waals surface area contributed by atoms with Gasteiger partial charge in [0.05, 0.1) is 38.4 Å². The molecule has 2 aromatic heterocycles. The van der Waals surface area contributed by atoms with Crippen LogP contribution in [0, 0.1) is 0 Å². The van der Waals surface area contributed by atoms with Gasteiger partial charge in [0.15, 0.2) is 0 Å². The summed E-state index contributed by atoms with van der Waals surface area (Å²) < 4.78 is 28.8. The van der Waals surface area contributed by atoms with Gasteiger partial charge < -0.3 is 4.98 Å². The average Bonchev–Trinajstić information content (AvgIpc) is 3.40. The van der Waals surface area contributed by atoms with Gasteiger partial charge in [-0.15, -0.1) is 0 Å². The fourth-order valence-corrected chi connectivity index (χ4v) is 7.12. The number of nitrogens with one attached hydrogen (secondary N) is 1. The number of rotatable bonds is 7. The molecule has 0 saturated carbocycles. The van der Waals surface area contributed by atoms with E-state index in [2.05, 4.69) is 34.1 Å². The third-order valence-corrected chi connectivity index (χ3v) is 10.5. The van der Waals surface area contributed by atoms with Crippen molar-refractivity contribution in [3.8, 4) is 22.5 Å². The van der Waals surface area contributed by atoms with E-state index in [1.807, 2.05) is 59.2 Å². The lowest BCUT2D eigenvalue weighted by Gasteiger charge is -2.32. The highest BCUT2D eigenvalue weighted by atomic mass is 32.2.